The Labute approximate surface area is 107 Å². The summed E-state index contributed by atoms with van der Waals surface area (Å²) < 4.78 is 0. The first kappa shape index (κ1) is 14.6. The highest BCUT2D eigenvalue weighted by atomic mass is 16.7. The summed E-state index contributed by atoms with van der Waals surface area (Å²) in [5, 5.41) is 12.6. The summed E-state index contributed by atoms with van der Waals surface area (Å²) in [6.07, 6.45) is -0.650. The van der Waals surface area contributed by atoms with Gasteiger partial charge in [-0.25, -0.2) is 5.48 Å². The Morgan fingerprint density at radius 3 is 2.61 bits per heavy atom. The summed E-state index contributed by atoms with van der Waals surface area (Å²) in [5.74, 6) is -0.320. The van der Waals surface area contributed by atoms with Crippen LogP contribution in [0.3, 0.4) is 0 Å². The van der Waals surface area contributed by atoms with E-state index in [1.165, 1.54) is 0 Å². The van der Waals surface area contributed by atoms with E-state index < -0.39 is 6.10 Å². The molecule has 0 heterocycles. The van der Waals surface area contributed by atoms with Gasteiger partial charge < -0.3 is 10.4 Å². The van der Waals surface area contributed by atoms with Crippen molar-refractivity contribution in [2.45, 2.75) is 26.0 Å². The van der Waals surface area contributed by atoms with Crippen molar-refractivity contribution < 1.29 is 14.7 Å². The number of nitrogens with one attached hydrogen (secondary N) is 2. The lowest BCUT2D eigenvalue weighted by Gasteiger charge is -2.14. The highest BCUT2D eigenvalue weighted by Crippen LogP contribution is 1.97. The second-order valence-electron chi connectivity index (χ2n) is 4.32. The van der Waals surface area contributed by atoms with Crippen molar-refractivity contribution in [3.05, 3.63) is 35.9 Å². The predicted molar refractivity (Wildman–Crippen MR) is 69.0 cm³/mol. The van der Waals surface area contributed by atoms with Crippen molar-refractivity contribution in [2.24, 2.45) is 0 Å². The lowest BCUT2D eigenvalue weighted by atomic mass is 10.2. The van der Waals surface area contributed by atoms with Crippen LogP contribution in [0.1, 0.15) is 24.2 Å². The molecule has 5 heteroatoms. The van der Waals surface area contributed by atoms with Crippen LogP contribution in [0.5, 0.6) is 0 Å². The zero-order valence-electron chi connectivity index (χ0n) is 10.7. The van der Waals surface area contributed by atoms with Crippen LogP contribution in [-0.2, 0) is 4.84 Å². The minimum atomic E-state index is -0.650. The molecule has 0 bridgehead atoms. The van der Waals surface area contributed by atoms with E-state index in [4.69, 9.17) is 4.84 Å². The van der Waals surface area contributed by atoms with Gasteiger partial charge in [0.1, 0.15) is 6.61 Å². The van der Waals surface area contributed by atoms with Crippen LogP contribution >= 0.6 is 0 Å². The third kappa shape index (κ3) is 5.77. The summed E-state index contributed by atoms with van der Waals surface area (Å²) in [6.45, 7) is 4.46. The van der Waals surface area contributed by atoms with Gasteiger partial charge in [0.05, 0.1) is 6.10 Å². The molecule has 0 aliphatic rings. The number of aliphatic hydroxyl groups excluding tert-OH is 1. The molecule has 0 aliphatic heterocycles. The molecular formula is C13H20N2O3. The van der Waals surface area contributed by atoms with Gasteiger partial charge in [0.15, 0.2) is 0 Å². The molecule has 1 aromatic rings. The SMILES string of the molecule is CC(C)NCC(O)CONC(=O)c1ccccc1. The van der Waals surface area contributed by atoms with Crippen LogP contribution < -0.4 is 10.8 Å². The van der Waals surface area contributed by atoms with Crippen LogP contribution in [0.4, 0.5) is 0 Å². The largest absolute Gasteiger partial charge is 0.389 e. The average Bonchev–Trinajstić information content (AvgIpc) is 2.37. The third-order valence-electron chi connectivity index (χ3n) is 2.24. The molecule has 1 rings (SSSR count). The Hall–Kier alpha value is -1.43. The molecule has 18 heavy (non-hydrogen) atoms. The molecule has 0 radical (unpaired) electrons. The zero-order chi connectivity index (χ0) is 13.4. The van der Waals surface area contributed by atoms with Gasteiger partial charge in [-0.3, -0.25) is 9.63 Å². The Balaban J connectivity index is 2.20. The Morgan fingerprint density at radius 1 is 1.33 bits per heavy atom. The number of amides is 1. The van der Waals surface area contributed by atoms with Crippen LogP contribution in [-0.4, -0.2) is 36.3 Å². The fourth-order valence-corrected chi connectivity index (χ4v) is 1.28. The number of hydrogen-bond donors (Lipinski definition) is 3. The Kier molecular flexibility index (Phi) is 6.35. The van der Waals surface area contributed by atoms with Crippen molar-refractivity contribution in [2.75, 3.05) is 13.2 Å². The smallest absolute Gasteiger partial charge is 0.274 e. The maximum Gasteiger partial charge on any atom is 0.274 e. The molecule has 0 fully saturated rings. The van der Waals surface area contributed by atoms with Gasteiger partial charge in [-0.05, 0) is 12.1 Å². The predicted octanol–water partition coefficient (Wildman–Crippen LogP) is 0.707. The number of hydrogen-bond acceptors (Lipinski definition) is 4. The van der Waals surface area contributed by atoms with Gasteiger partial charge in [-0.2, -0.15) is 0 Å². The minimum absolute atomic E-state index is 0.0539. The number of aliphatic hydroxyl groups is 1. The molecule has 3 N–H and O–H groups in total. The zero-order valence-corrected chi connectivity index (χ0v) is 10.7. The molecule has 100 valence electrons. The van der Waals surface area contributed by atoms with Crippen LogP contribution in [0, 0.1) is 0 Å². The second kappa shape index (κ2) is 7.81. The maximum atomic E-state index is 11.6. The Bertz CT molecular complexity index is 355. The van der Waals surface area contributed by atoms with Crippen molar-refractivity contribution in [3.63, 3.8) is 0 Å². The van der Waals surface area contributed by atoms with E-state index in [2.05, 4.69) is 10.8 Å². The monoisotopic (exact) mass is 252 g/mol. The summed E-state index contributed by atoms with van der Waals surface area (Å²) in [5.41, 5.74) is 2.81. The number of hydroxylamine groups is 1. The van der Waals surface area contributed by atoms with Gasteiger partial charge in [-0.15, -0.1) is 0 Å². The van der Waals surface area contributed by atoms with Crippen molar-refractivity contribution in [3.8, 4) is 0 Å². The number of carbonyl (C=O) groups is 1. The lowest BCUT2D eigenvalue weighted by Crippen LogP contribution is -2.36. The van der Waals surface area contributed by atoms with Crippen LogP contribution in [0.25, 0.3) is 0 Å². The van der Waals surface area contributed by atoms with Crippen LogP contribution in [0.2, 0.25) is 0 Å². The van der Waals surface area contributed by atoms with E-state index in [0.29, 0.717) is 18.2 Å². The third-order valence-corrected chi connectivity index (χ3v) is 2.24. The number of benzene rings is 1. The van der Waals surface area contributed by atoms with E-state index in [0.717, 1.165) is 0 Å². The van der Waals surface area contributed by atoms with Gasteiger partial charge in [0, 0.05) is 18.2 Å². The molecule has 0 saturated heterocycles. The molecule has 1 unspecified atom stereocenters. The van der Waals surface area contributed by atoms with E-state index in [1.807, 2.05) is 19.9 Å². The van der Waals surface area contributed by atoms with Gasteiger partial charge in [0.25, 0.3) is 5.91 Å². The lowest BCUT2D eigenvalue weighted by molar-refractivity contribution is -0.0124. The normalized spacial score (nSPS) is 12.4. The fraction of sp³-hybridized carbons (Fsp3) is 0.462. The van der Waals surface area contributed by atoms with Crippen molar-refractivity contribution in [1.29, 1.82) is 0 Å². The maximum absolute atomic E-state index is 11.6. The highest BCUT2D eigenvalue weighted by Gasteiger charge is 2.08. The minimum Gasteiger partial charge on any atom is -0.389 e. The standard InChI is InChI=1S/C13H20N2O3/c1-10(2)14-8-12(16)9-18-15-13(17)11-6-4-3-5-7-11/h3-7,10,12,14,16H,8-9H2,1-2H3,(H,15,17). The Morgan fingerprint density at radius 2 is 2.00 bits per heavy atom. The van der Waals surface area contributed by atoms with Crippen molar-refractivity contribution >= 4 is 5.91 Å². The first-order valence-corrected chi connectivity index (χ1v) is 5.98. The first-order chi connectivity index (χ1) is 8.59. The topological polar surface area (TPSA) is 70.6 Å². The van der Waals surface area contributed by atoms with E-state index in [9.17, 15) is 9.90 Å². The first-order valence-electron chi connectivity index (χ1n) is 5.98. The number of rotatable bonds is 7. The summed E-state index contributed by atoms with van der Waals surface area (Å²) in [4.78, 5) is 16.5. The van der Waals surface area contributed by atoms with Crippen LogP contribution in [0.15, 0.2) is 30.3 Å². The molecule has 5 nitrogen and oxygen atoms in total. The summed E-state index contributed by atoms with van der Waals surface area (Å²) in [6, 6.07) is 9.06. The number of carbonyl (C=O) groups excluding carboxylic acids is 1. The molecule has 0 aliphatic carbocycles. The fourth-order valence-electron chi connectivity index (χ4n) is 1.28. The van der Waals surface area contributed by atoms with Gasteiger partial charge in [0.2, 0.25) is 0 Å². The highest BCUT2D eigenvalue weighted by molar-refractivity contribution is 5.93. The van der Waals surface area contributed by atoms with E-state index in [-0.39, 0.29) is 12.5 Å². The molecule has 0 spiro atoms. The average molecular weight is 252 g/mol. The summed E-state index contributed by atoms with van der Waals surface area (Å²) >= 11 is 0. The molecular weight excluding hydrogens is 232 g/mol. The van der Waals surface area contributed by atoms with Gasteiger partial charge >= 0.3 is 0 Å². The molecule has 1 amide bonds. The molecule has 0 aromatic heterocycles. The van der Waals surface area contributed by atoms with E-state index >= 15 is 0 Å². The molecule has 0 saturated carbocycles. The molecule has 1 aromatic carbocycles. The summed E-state index contributed by atoms with van der Waals surface area (Å²) in [7, 11) is 0. The molecule has 1 atom stereocenters. The van der Waals surface area contributed by atoms with Gasteiger partial charge in [-0.1, -0.05) is 32.0 Å². The second-order valence-corrected chi connectivity index (χ2v) is 4.32. The quantitative estimate of drug-likeness (QED) is 0.625. The van der Waals surface area contributed by atoms with Crippen molar-refractivity contribution in [1.82, 2.24) is 10.8 Å². The van der Waals surface area contributed by atoms with E-state index in [1.54, 1.807) is 24.3 Å².